The van der Waals surface area contributed by atoms with Gasteiger partial charge in [-0.15, -0.1) is 0 Å². The lowest BCUT2D eigenvalue weighted by atomic mass is 10.2. The van der Waals surface area contributed by atoms with Gasteiger partial charge in [-0.3, -0.25) is 9.69 Å². The Morgan fingerprint density at radius 3 is 2.56 bits per heavy atom. The quantitative estimate of drug-likeness (QED) is 0.863. The summed E-state index contributed by atoms with van der Waals surface area (Å²) in [6.45, 7) is 7.80. The van der Waals surface area contributed by atoms with Gasteiger partial charge in [0.05, 0.1) is 6.04 Å². The van der Waals surface area contributed by atoms with E-state index >= 15 is 0 Å². The van der Waals surface area contributed by atoms with Crippen LogP contribution in [-0.4, -0.2) is 52.4 Å². The van der Waals surface area contributed by atoms with Crippen LogP contribution in [0.1, 0.15) is 18.3 Å². The van der Waals surface area contributed by atoms with Crippen molar-refractivity contribution in [3.63, 3.8) is 0 Å². The third-order valence-electron chi connectivity index (χ3n) is 4.41. The highest BCUT2D eigenvalue weighted by Crippen LogP contribution is 2.19. The zero-order valence-electron chi connectivity index (χ0n) is 14.4. The monoisotopic (exact) mass is 379 g/mol. The van der Waals surface area contributed by atoms with E-state index in [-0.39, 0.29) is 11.9 Å². The topological polar surface area (TPSA) is 61.4 Å². The van der Waals surface area contributed by atoms with Crippen molar-refractivity contribution < 1.29 is 4.79 Å². The van der Waals surface area contributed by atoms with Crippen LogP contribution in [0, 0.1) is 6.92 Å². The van der Waals surface area contributed by atoms with Gasteiger partial charge in [-0.25, -0.2) is 4.98 Å². The highest BCUT2D eigenvalue weighted by molar-refractivity contribution is 7.09. The second kappa shape index (κ2) is 8.12. The Labute approximate surface area is 157 Å². The molecule has 1 amide bonds. The molecule has 0 radical (unpaired) electrons. The fraction of sp³-hybridized carbons (Fsp3) is 0.471. The van der Waals surface area contributed by atoms with Crippen LogP contribution in [0.4, 0.5) is 5.13 Å². The largest absolute Gasteiger partial charge is 0.351 e. The smallest absolute Gasteiger partial charge is 0.237 e. The molecule has 1 aliphatic heterocycles. The molecule has 25 heavy (non-hydrogen) atoms. The number of piperazine rings is 1. The Morgan fingerprint density at radius 1 is 1.28 bits per heavy atom. The number of carbonyl (C=O) groups is 1. The Balaban J connectivity index is 1.47. The minimum absolute atomic E-state index is 0.0511. The number of nitrogens with one attached hydrogen (secondary N) is 1. The number of rotatable bonds is 5. The zero-order chi connectivity index (χ0) is 17.8. The summed E-state index contributed by atoms with van der Waals surface area (Å²) in [5.41, 5.74) is 1.04. The standard InChI is InChI=1S/C17H22ClN5OS/c1-12(16(24)19-11-14-3-5-15(18)6-4-14)22-7-9-23(10-8-22)17-20-13(2)21-25-17/h3-6,12H,7-11H2,1-2H3,(H,19,24)/t12-/m0/s1. The number of aromatic nitrogens is 2. The van der Waals surface area contributed by atoms with Crippen molar-refractivity contribution >= 4 is 34.2 Å². The van der Waals surface area contributed by atoms with Crippen LogP contribution in [0.25, 0.3) is 0 Å². The molecule has 8 heteroatoms. The molecule has 1 saturated heterocycles. The molecule has 3 rings (SSSR count). The van der Waals surface area contributed by atoms with Crippen molar-refractivity contribution in [2.24, 2.45) is 0 Å². The number of hydrogen-bond donors (Lipinski definition) is 1. The van der Waals surface area contributed by atoms with E-state index in [9.17, 15) is 4.79 Å². The maximum absolute atomic E-state index is 12.4. The van der Waals surface area contributed by atoms with Crippen molar-refractivity contribution in [1.82, 2.24) is 19.6 Å². The molecule has 1 atom stereocenters. The van der Waals surface area contributed by atoms with Crippen LogP contribution in [-0.2, 0) is 11.3 Å². The molecular formula is C17H22ClN5OS. The summed E-state index contributed by atoms with van der Waals surface area (Å²) in [6.07, 6.45) is 0. The highest BCUT2D eigenvalue weighted by Gasteiger charge is 2.26. The van der Waals surface area contributed by atoms with Crippen LogP contribution < -0.4 is 10.2 Å². The number of halogens is 1. The second-order valence-electron chi connectivity index (χ2n) is 6.17. The summed E-state index contributed by atoms with van der Waals surface area (Å²) in [7, 11) is 0. The fourth-order valence-corrected chi connectivity index (χ4v) is 3.67. The normalized spacial score (nSPS) is 16.7. The van der Waals surface area contributed by atoms with Crippen LogP contribution in [0.5, 0.6) is 0 Å². The molecule has 1 N–H and O–H groups in total. The fourth-order valence-electron chi connectivity index (χ4n) is 2.82. The van der Waals surface area contributed by atoms with Crippen LogP contribution in [0.2, 0.25) is 5.02 Å². The van der Waals surface area contributed by atoms with Crippen molar-refractivity contribution in [3.8, 4) is 0 Å². The van der Waals surface area contributed by atoms with Crippen LogP contribution in [0.15, 0.2) is 24.3 Å². The van der Waals surface area contributed by atoms with E-state index in [1.807, 2.05) is 38.1 Å². The molecule has 1 fully saturated rings. The summed E-state index contributed by atoms with van der Waals surface area (Å²) in [5, 5.41) is 4.67. The lowest BCUT2D eigenvalue weighted by Gasteiger charge is -2.37. The van der Waals surface area contributed by atoms with E-state index in [2.05, 4.69) is 24.5 Å². The first kappa shape index (κ1) is 18.1. The lowest BCUT2D eigenvalue weighted by molar-refractivity contribution is -0.126. The van der Waals surface area contributed by atoms with Gasteiger partial charge in [0.1, 0.15) is 5.82 Å². The molecule has 1 aliphatic rings. The van der Waals surface area contributed by atoms with Crippen molar-refractivity contribution in [2.45, 2.75) is 26.4 Å². The Morgan fingerprint density at radius 2 is 1.96 bits per heavy atom. The van der Waals surface area contributed by atoms with Crippen molar-refractivity contribution in [2.75, 3.05) is 31.1 Å². The summed E-state index contributed by atoms with van der Waals surface area (Å²) in [5.74, 6) is 0.868. The van der Waals surface area contributed by atoms with E-state index in [1.165, 1.54) is 11.5 Å². The number of carbonyl (C=O) groups excluding carboxylic acids is 1. The average molecular weight is 380 g/mol. The number of hydrogen-bond acceptors (Lipinski definition) is 6. The molecule has 0 spiro atoms. The first-order chi connectivity index (χ1) is 12.0. The van der Waals surface area contributed by atoms with E-state index in [4.69, 9.17) is 11.6 Å². The van der Waals surface area contributed by atoms with Gasteiger partial charge in [-0.2, -0.15) is 4.37 Å². The maximum atomic E-state index is 12.4. The number of nitrogens with zero attached hydrogens (tertiary/aromatic N) is 4. The third kappa shape index (κ3) is 4.68. The lowest BCUT2D eigenvalue weighted by Crippen LogP contribution is -2.53. The number of amides is 1. The first-order valence-corrected chi connectivity index (χ1v) is 9.49. The van der Waals surface area contributed by atoms with Crippen LogP contribution >= 0.6 is 23.1 Å². The Hall–Kier alpha value is -1.70. The predicted molar refractivity (Wildman–Crippen MR) is 101 cm³/mol. The molecule has 2 heterocycles. The van der Waals surface area contributed by atoms with Gasteiger partial charge < -0.3 is 10.2 Å². The van der Waals surface area contributed by atoms with Gasteiger partial charge in [0, 0.05) is 49.3 Å². The third-order valence-corrected chi connectivity index (χ3v) is 5.53. The van der Waals surface area contributed by atoms with E-state index in [0.717, 1.165) is 42.7 Å². The summed E-state index contributed by atoms with van der Waals surface area (Å²) < 4.78 is 4.24. The predicted octanol–water partition coefficient (Wildman–Crippen LogP) is 2.33. The van der Waals surface area contributed by atoms with Crippen LogP contribution in [0.3, 0.4) is 0 Å². The highest BCUT2D eigenvalue weighted by atomic mass is 35.5. The van der Waals surface area contributed by atoms with Gasteiger partial charge in [-0.05, 0) is 31.5 Å². The van der Waals surface area contributed by atoms with Gasteiger partial charge in [0.2, 0.25) is 11.0 Å². The van der Waals surface area contributed by atoms with E-state index in [0.29, 0.717) is 11.6 Å². The molecule has 1 aromatic carbocycles. The number of benzene rings is 1. The molecule has 134 valence electrons. The minimum atomic E-state index is -0.148. The minimum Gasteiger partial charge on any atom is -0.351 e. The molecule has 0 bridgehead atoms. The molecular weight excluding hydrogens is 358 g/mol. The van der Waals surface area contributed by atoms with Crippen molar-refractivity contribution in [3.05, 3.63) is 40.7 Å². The molecule has 6 nitrogen and oxygen atoms in total. The van der Waals surface area contributed by atoms with Gasteiger partial charge in [-0.1, -0.05) is 23.7 Å². The molecule has 1 aromatic heterocycles. The van der Waals surface area contributed by atoms with Crippen molar-refractivity contribution in [1.29, 1.82) is 0 Å². The molecule has 0 unspecified atom stereocenters. The van der Waals surface area contributed by atoms with Gasteiger partial charge in [0.25, 0.3) is 0 Å². The van der Waals surface area contributed by atoms with Gasteiger partial charge in [0.15, 0.2) is 0 Å². The summed E-state index contributed by atoms with van der Waals surface area (Å²) >= 11 is 7.31. The number of anilines is 1. The Bertz CT molecular complexity index is 712. The zero-order valence-corrected chi connectivity index (χ0v) is 16.0. The molecule has 0 aliphatic carbocycles. The first-order valence-electron chi connectivity index (χ1n) is 8.34. The maximum Gasteiger partial charge on any atom is 0.237 e. The average Bonchev–Trinajstić information content (AvgIpc) is 3.07. The van der Waals surface area contributed by atoms with E-state index in [1.54, 1.807) is 0 Å². The van der Waals surface area contributed by atoms with E-state index < -0.39 is 0 Å². The number of aryl methyl sites for hydroxylation is 1. The Kier molecular flexibility index (Phi) is 5.88. The molecule has 2 aromatic rings. The molecule has 0 saturated carbocycles. The summed E-state index contributed by atoms with van der Waals surface area (Å²) in [4.78, 5) is 21.3. The SMILES string of the molecule is Cc1nsc(N2CCN([C@@H](C)C(=O)NCc3ccc(Cl)cc3)CC2)n1. The summed E-state index contributed by atoms with van der Waals surface area (Å²) in [6, 6.07) is 7.37. The van der Waals surface area contributed by atoms with Gasteiger partial charge >= 0.3 is 0 Å². The second-order valence-corrected chi connectivity index (χ2v) is 7.33.